The third-order valence-corrected chi connectivity index (χ3v) is 1.53. The summed E-state index contributed by atoms with van der Waals surface area (Å²) in [4.78, 5) is 9.49. The number of nitro groups is 1. The molecule has 1 rings (SSSR count). The highest BCUT2D eigenvalue weighted by Gasteiger charge is 2.12. The van der Waals surface area contributed by atoms with Gasteiger partial charge in [0.15, 0.2) is 5.82 Å². The van der Waals surface area contributed by atoms with E-state index >= 15 is 0 Å². The van der Waals surface area contributed by atoms with E-state index < -0.39 is 10.7 Å². The summed E-state index contributed by atoms with van der Waals surface area (Å²) in [5.41, 5.74) is 4.45. The van der Waals surface area contributed by atoms with Crippen LogP contribution < -0.4 is 5.73 Å². The quantitative estimate of drug-likeness (QED) is 0.418. The predicted molar refractivity (Wildman–Crippen MR) is 42.5 cm³/mol. The van der Waals surface area contributed by atoms with E-state index in [1.54, 1.807) is 0 Å². The molecule has 0 saturated heterocycles. The molecule has 0 aliphatic heterocycles. The van der Waals surface area contributed by atoms with Crippen LogP contribution in [0, 0.1) is 15.9 Å². The van der Waals surface area contributed by atoms with E-state index in [4.69, 9.17) is 17.3 Å². The van der Waals surface area contributed by atoms with Crippen LogP contribution in [0.2, 0.25) is 5.02 Å². The molecule has 1 aromatic rings. The number of hydrogen-bond donors (Lipinski definition) is 1. The second kappa shape index (κ2) is 2.94. The van der Waals surface area contributed by atoms with Gasteiger partial charge in [0, 0.05) is 12.1 Å². The average molecular weight is 191 g/mol. The first kappa shape index (κ1) is 8.73. The Labute approximate surface area is 71.9 Å². The van der Waals surface area contributed by atoms with Crippen molar-refractivity contribution in [2.24, 2.45) is 0 Å². The molecule has 0 aliphatic rings. The maximum atomic E-state index is 12.7. The van der Waals surface area contributed by atoms with Crippen LogP contribution in [0.5, 0.6) is 0 Å². The van der Waals surface area contributed by atoms with Crippen LogP contribution in [0.15, 0.2) is 12.1 Å². The average Bonchev–Trinajstić information content (AvgIpc) is 1.99. The van der Waals surface area contributed by atoms with Gasteiger partial charge in [-0.1, -0.05) is 11.6 Å². The Morgan fingerprint density at radius 2 is 2.17 bits per heavy atom. The molecule has 0 radical (unpaired) electrons. The minimum atomic E-state index is -0.831. The Hall–Kier alpha value is -1.36. The summed E-state index contributed by atoms with van der Waals surface area (Å²) in [6.07, 6.45) is 0. The topological polar surface area (TPSA) is 69.2 Å². The Morgan fingerprint density at radius 1 is 1.58 bits per heavy atom. The molecule has 2 N–H and O–H groups in total. The molecule has 0 aromatic heterocycles. The molecular formula is C6H4ClFN2O2. The van der Waals surface area contributed by atoms with E-state index in [9.17, 15) is 14.5 Å². The number of benzene rings is 1. The lowest BCUT2D eigenvalue weighted by Gasteiger charge is -1.98. The van der Waals surface area contributed by atoms with Gasteiger partial charge >= 0.3 is 0 Å². The van der Waals surface area contributed by atoms with Gasteiger partial charge in [0.1, 0.15) is 0 Å². The molecule has 0 unspecified atom stereocenters. The van der Waals surface area contributed by atoms with Gasteiger partial charge in [0.05, 0.1) is 15.6 Å². The molecule has 4 nitrogen and oxygen atoms in total. The van der Waals surface area contributed by atoms with Crippen molar-refractivity contribution in [2.45, 2.75) is 0 Å². The van der Waals surface area contributed by atoms with Crippen LogP contribution in [-0.2, 0) is 0 Å². The van der Waals surface area contributed by atoms with E-state index in [-0.39, 0.29) is 16.4 Å². The fourth-order valence-electron chi connectivity index (χ4n) is 0.701. The fraction of sp³-hybridized carbons (Fsp3) is 0. The van der Waals surface area contributed by atoms with Gasteiger partial charge in [0.25, 0.3) is 5.69 Å². The normalized spacial score (nSPS) is 9.83. The smallest absolute Gasteiger partial charge is 0.273 e. The number of anilines is 1. The van der Waals surface area contributed by atoms with Crippen molar-refractivity contribution >= 4 is 23.0 Å². The van der Waals surface area contributed by atoms with Gasteiger partial charge < -0.3 is 5.73 Å². The van der Waals surface area contributed by atoms with Crippen LogP contribution in [0.3, 0.4) is 0 Å². The molecule has 0 amide bonds. The standard InChI is InChI=1S/C6H4ClFN2O2/c7-4-1-3(10(11)12)2-5(9)6(4)8/h1-2H,9H2. The van der Waals surface area contributed by atoms with Crippen molar-refractivity contribution in [3.63, 3.8) is 0 Å². The first-order chi connectivity index (χ1) is 5.52. The minimum absolute atomic E-state index is 0.320. The van der Waals surface area contributed by atoms with Crippen molar-refractivity contribution in [2.75, 3.05) is 5.73 Å². The summed E-state index contributed by atoms with van der Waals surface area (Å²) in [6, 6.07) is 1.83. The second-order valence-electron chi connectivity index (χ2n) is 2.09. The zero-order chi connectivity index (χ0) is 9.30. The van der Waals surface area contributed by atoms with Gasteiger partial charge in [-0.2, -0.15) is 0 Å². The first-order valence-corrected chi connectivity index (χ1v) is 3.29. The van der Waals surface area contributed by atoms with Crippen LogP contribution >= 0.6 is 11.6 Å². The molecule has 0 fully saturated rings. The summed E-state index contributed by atoms with van der Waals surface area (Å²) in [7, 11) is 0. The monoisotopic (exact) mass is 190 g/mol. The lowest BCUT2D eigenvalue weighted by Crippen LogP contribution is -1.95. The number of nitrogen functional groups attached to an aromatic ring is 1. The van der Waals surface area contributed by atoms with Gasteiger partial charge in [-0.3, -0.25) is 10.1 Å². The molecule has 64 valence electrons. The van der Waals surface area contributed by atoms with Crippen LogP contribution in [0.1, 0.15) is 0 Å². The molecule has 0 saturated carbocycles. The highest BCUT2D eigenvalue weighted by atomic mass is 35.5. The van der Waals surface area contributed by atoms with Crippen LogP contribution in [0.25, 0.3) is 0 Å². The zero-order valence-corrected chi connectivity index (χ0v) is 6.51. The lowest BCUT2D eigenvalue weighted by atomic mass is 10.3. The molecule has 1 aromatic carbocycles. The number of halogens is 2. The van der Waals surface area contributed by atoms with E-state index in [0.717, 1.165) is 12.1 Å². The van der Waals surface area contributed by atoms with Crippen LogP contribution in [-0.4, -0.2) is 4.92 Å². The van der Waals surface area contributed by atoms with E-state index in [2.05, 4.69) is 0 Å². The van der Waals surface area contributed by atoms with Gasteiger partial charge in [-0.15, -0.1) is 0 Å². The molecule has 6 heteroatoms. The Kier molecular flexibility index (Phi) is 2.14. The Bertz CT molecular complexity index is 319. The Morgan fingerprint density at radius 3 is 2.58 bits per heavy atom. The number of non-ortho nitro benzene ring substituents is 1. The largest absolute Gasteiger partial charge is 0.396 e. The number of nitrogens with two attached hydrogens (primary N) is 1. The number of nitro benzene ring substituents is 1. The van der Waals surface area contributed by atoms with Gasteiger partial charge in [-0.25, -0.2) is 4.39 Å². The maximum absolute atomic E-state index is 12.7. The lowest BCUT2D eigenvalue weighted by molar-refractivity contribution is -0.384. The zero-order valence-electron chi connectivity index (χ0n) is 5.75. The van der Waals surface area contributed by atoms with Gasteiger partial charge in [-0.05, 0) is 0 Å². The summed E-state index contributed by atoms with van der Waals surface area (Å²) >= 11 is 5.30. The summed E-state index contributed by atoms with van der Waals surface area (Å²) in [6.45, 7) is 0. The van der Waals surface area contributed by atoms with Crippen molar-refractivity contribution in [1.82, 2.24) is 0 Å². The number of nitrogens with zero attached hydrogens (tertiary/aromatic N) is 1. The second-order valence-corrected chi connectivity index (χ2v) is 2.50. The Balaban J connectivity index is 3.31. The number of hydrogen-bond acceptors (Lipinski definition) is 3. The first-order valence-electron chi connectivity index (χ1n) is 2.91. The molecule has 0 heterocycles. The van der Waals surface area contributed by atoms with Gasteiger partial charge in [0.2, 0.25) is 0 Å². The molecule has 0 bridgehead atoms. The molecular weight excluding hydrogens is 187 g/mol. The maximum Gasteiger partial charge on any atom is 0.273 e. The van der Waals surface area contributed by atoms with Crippen molar-refractivity contribution in [3.05, 3.63) is 33.1 Å². The number of rotatable bonds is 1. The minimum Gasteiger partial charge on any atom is -0.396 e. The van der Waals surface area contributed by atoms with E-state index in [1.165, 1.54) is 0 Å². The molecule has 0 atom stereocenters. The van der Waals surface area contributed by atoms with E-state index in [0.29, 0.717) is 0 Å². The summed E-state index contributed by atoms with van der Waals surface area (Å²) in [5, 5.41) is 9.84. The van der Waals surface area contributed by atoms with Crippen molar-refractivity contribution in [1.29, 1.82) is 0 Å². The molecule has 0 spiro atoms. The summed E-state index contributed by atoms with van der Waals surface area (Å²) in [5.74, 6) is -0.831. The molecule has 0 aliphatic carbocycles. The molecule has 12 heavy (non-hydrogen) atoms. The SMILES string of the molecule is Nc1cc([N+](=O)[O-])cc(Cl)c1F. The summed E-state index contributed by atoms with van der Waals surface area (Å²) < 4.78 is 12.7. The third kappa shape index (κ3) is 1.45. The van der Waals surface area contributed by atoms with Crippen LogP contribution in [0.4, 0.5) is 15.8 Å². The van der Waals surface area contributed by atoms with Crippen molar-refractivity contribution in [3.8, 4) is 0 Å². The predicted octanol–water partition coefficient (Wildman–Crippen LogP) is 1.97. The third-order valence-electron chi connectivity index (χ3n) is 1.25. The van der Waals surface area contributed by atoms with E-state index in [1.807, 2.05) is 0 Å². The fourth-order valence-corrected chi connectivity index (χ4v) is 0.922. The highest BCUT2D eigenvalue weighted by molar-refractivity contribution is 6.31. The van der Waals surface area contributed by atoms with Crippen molar-refractivity contribution < 1.29 is 9.31 Å². The highest BCUT2D eigenvalue weighted by Crippen LogP contribution is 2.26.